The predicted octanol–water partition coefficient (Wildman–Crippen LogP) is 3.29. The molecule has 31 heavy (non-hydrogen) atoms. The van der Waals surface area contributed by atoms with Gasteiger partial charge < -0.3 is 15.8 Å². The molecule has 4 rings (SSSR count). The molecule has 0 saturated heterocycles. The van der Waals surface area contributed by atoms with Crippen molar-refractivity contribution in [1.29, 1.82) is 0 Å². The fourth-order valence-corrected chi connectivity index (χ4v) is 3.09. The Hall–Kier alpha value is -4.46. The molecule has 0 radical (unpaired) electrons. The Morgan fingerprint density at radius 2 is 1.71 bits per heavy atom. The van der Waals surface area contributed by atoms with E-state index in [4.69, 9.17) is 10.5 Å². The number of methoxy groups -OCH3 is 1. The van der Waals surface area contributed by atoms with E-state index in [1.807, 2.05) is 24.3 Å². The molecule has 2 aromatic carbocycles. The number of ether oxygens (including phenoxy) is 1. The number of carbonyl (C=O) groups is 2. The van der Waals surface area contributed by atoms with E-state index in [2.05, 4.69) is 15.4 Å². The molecule has 0 fully saturated rings. The van der Waals surface area contributed by atoms with Crippen LogP contribution in [0.1, 0.15) is 20.7 Å². The number of anilines is 1. The summed E-state index contributed by atoms with van der Waals surface area (Å²) < 4.78 is 6.85. The second-order valence-electron chi connectivity index (χ2n) is 6.65. The number of rotatable bonds is 6. The van der Waals surface area contributed by atoms with Crippen LogP contribution in [0, 0.1) is 0 Å². The van der Waals surface area contributed by atoms with Gasteiger partial charge in [-0.1, -0.05) is 12.1 Å². The second-order valence-corrected chi connectivity index (χ2v) is 6.65. The minimum absolute atomic E-state index is 0.321. The third-order valence-corrected chi connectivity index (χ3v) is 4.72. The maximum absolute atomic E-state index is 12.8. The molecule has 0 unspecified atom stereocenters. The summed E-state index contributed by atoms with van der Waals surface area (Å²) in [5.41, 5.74) is 8.34. The van der Waals surface area contributed by atoms with Crippen molar-refractivity contribution in [3.8, 4) is 22.6 Å². The lowest BCUT2D eigenvalue weighted by Crippen LogP contribution is -2.16. The van der Waals surface area contributed by atoms with E-state index in [1.165, 1.54) is 6.20 Å². The Labute approximate surface area is 178 Å². The van der Waals surface area contributed by atoms with Gasteiger partial charge in [0.25, 0.3) is 5.91 Å². The van der Waals surface area contributed by atoms with Gasteiger partial charge in [-0.3, -0.25) is 14.6 Å². The number of primary amides is 1. The fourth-order valence-electron chi connectivity index (χ4n) is 3.09. The molecule has 0 bridgehead atoms. The van der Waals surface area contributed by atoms with Gasteiger partial charge in [-0.15, -0.1) is 0 Å². The van der Waals surface area contributed by atoms with Crippen LogP contribution >= 0.6 is 0 Å². The zero-order valence-electron chi connectivity index (χ0n) is 16.6. The molecule has 4 aromatic rings. The van der Waals surface area contributed by atoms with Gasteiger partial charge in [0, 0.05) is 23.5 Å². The third kappa shape index (κ3) is 4.13. The zero-order chi connectivity index (χ0) is 21.8. The van der Waals surface area contributed by atoms with E-state index in [0.717, 1.165) is 11.3 Å². The van der Waals surface area contributed by atoms with Crippen LogP contribution in [0.15, 0.2) is 79.3 Å². The average Bonchev–Trinajstić information content (AvgIpc) is 3.23. The molecular formula is C23H19N5O3. The van der Waals surface area contributed by atoms with Gasteiger partial charge in [-0.2, -0.15) is 5.10 Å². The molecular weight excluding hydrogens is 394 g/mol. The molecule has 8 nitrogen and oxygen atoms in total. The number of aromatic nitrogens is 3. The van der Waals surface area contributed by atoms with Gasteiger partial charge in [0.1, 0.15) is 11.6 Å². The number of pyridine rings is 1. The molecule has 0 aliphatic rings. The highest BCUT2D eigenvalue weighted by Gasteiger charge is 2.18. The fraction of sp³-hybridized carbons (Fsp3) is 0.0435. The third-order valence-electron chi connectivity index (χ3n) is 4.72. The zero-order valence-corrected chi connectivity index (χ0v) is 16.6. The van der Waals surface area contributed by atoms with Crippen LogP contribution in [0.2, 0.25) is 0 Å². The second kappa shape index (κ2) is 8.50. The molecule has 8 heteroatoms. The summed E-state index contributed by atoms with van der Waals surface area (Å²) >= 11 is 0. The lowest BCUT2D eigenvalue weighted by atomic mass is 10.1. The minimum Gasteiger partial charge on any atom is -0.497 e. The molecule has 2 amide bonds. The molecule has 2 aromatic heterocycles. The SMILES string of the molecule is COc1ccc(-n2ncc(-c3ccc(C(N)=O)cc3)c2NC(=O)c2cccnc2)cc1. The topological polar surface area (TPSA) is 112 Å². The Morgan fingerprint density at radius 1 is 0.968 bits per heavy atom. The summed E-state index contributed by atoms with van der Waals surface area (Å²) in [5.74, 6) is 0.355. The largest absolute Gasteiger partial charge is 0.497 e. The number of hydrogen-bond acceptors (Lipinski definition) is 5. The van der Waals surface area contributed by atoms with Crippen molar-refractivity contribution in [3.05, 3.63) is 90.4 Å². The standard InChI is InChI=1S/C23H19N5O3/c1-31-19-10-8-18(9-11-19)28-22(27-23(30)17-3-2-12-25-13-17)20(14-26-28)15-4-6-16(7-5-15)21(24)29/h2-14H,1H3,(H2,24,29)(H,27,30). The van der Waals surface area contributed by atoms with E-state index in [-0.39, 0.29) is 5.91 Å². The maximum atomic E-state index is 12.8. The highest BCUT2D eigenvalue weighted by molar-refractivity contribution is 6.05. The van der Waals surface area contributed by atoms with Gasteiger partial charge >= 0.3 is 0 Å². The lowest BCUT2D eigenvalue weighted by Gasteiger charge is -2.12. The van der Waals surface area contributed by atoms with Gasteiger partial charge in [0.15, 0.2) is 0 Å². The van der Waals surface area contributed by atoms with E-state index >= 15 is 0 Å². The number of hydrogen-bond donors (Lipinski definition) is 2. The Morgan fingerprint density at radius 3 is 2.32 bits per heavy atom. The van der Waals surface area contributed by atoms with Crippen molar-refractivity contribution in [2.45, 2.75) is 0 Å². The number of benzene rings is 2. The quantitative estimate of drug-likeness (QED) is 0.504. The van der Waals surface area contributed by atoms with Crippen molar-refractivity contribution in [2.24, 2.45) is 5.73 Å². The monoisotopic (exact) mass is 413 g/mol. The molecule has 154 valence electrons. The van der Waals surface area contributed by atoms with Crippen LogP contribution in [-0.4, -0.2) is 33.7 Å². The summed E-state index contributed by atoms with van der Waals surface area (Å²) in [5, 5.41) is 7.41. The van der Waals surface area contributed by atoms with Crippen LogP contribution in [0.25, 0.3) is 16.8 Å². The van der Waals surface area contributed by atoms with Crippen molar-refractivity contribution in [1.82, 2.24) is 14.8 Å². The molecule has 0 spiro atoms. The van der Waals surface area contributed by atoms with Crippen molar-refractivity contribution in [3.63, 3.8) is 0 Å². The van der Waals surface area contributed by atoms with Gasteiger partial charge in [-0.25, -0.2) is 4.68 Å². The van der Waals surface area contributed by atoms with Gasteiger partial charge in [-0.05, 0) is 54.1 Å². The molecule has 0 saturated carbocycles. The first kappa shape index (κ1) is 19.8. The first-order valence-electron chi connectivity index (χ1n) is 9.41. The number of nitrogens with zero attached hydrogens (tertiary/aromatic N) is 3. The van der Waals surface area contributed by atoms with Crippen molar-refractivity contribution in [2.75, 3.05) is 12.4 Å². The first-order chi connectivity index (χ1) is 15.1. The van der Waals surface area contributed by atoms with Crippen molar-refractivity contribution >= 4 is 17.6 Å². The van der Waals surface area contributed by atoms with E-state index in [1.54, 1.807) is 60.6 Å². The number of carbonyl (C=O) groups excluding carboxylic acids is 2. The van der Waals surface area contributed by atoms with Gasteiger partial charge in [0.2, 0.25) is 5.91 Å². The highest BCUT2D eigenvalue weighted by atomic mass is 16.5. The highest BCUT2D eigenvalue weighted by Crippen LogP contribution is 2.31. The maximum Gasteiger partial charge on any atom is 0.258 e. The summed E-state index contributed by atoms with van der Waals surface area (Å²) in [4.78, 5) is 28.2. The molecule has 0 atom stereocenters. The normalized spacial score (nSPS) is 10.5. The number of nitrogens with one attached hydrogen (secondary N) is 1. The number of amides is 2. The number of nitrogens with two attached hydrogens (primary N) is 1. The smallest absolute Gasteiger partial charge is 0.258 e. The van der Waals surface area contributed by atoms with Crippen molar-refractivity contribution < 1.29 is 14.3 Å². The Balaban J connectivity index is 1.78. The molecule has 0 aliphatic carbocycles. The average molecular weight is 413 g/mol. The minimum atomic E-state index is -0.509. The predicted molar refractivity (Wildman–Crippen MR) is 116 cm³/mol. The van der Waals surface area contributed by atoms with E-state index < -0.39 is 5.91 Å². The van der Waals surface area contributed by atoms with E-state index in [9.17, 15) is 9.59 Å². The summed E-state index contributed by atoms with van der Waals surface area (Å²) in [6, 6.07) is 17.5. The van der Waals surface area contributed by atoms with E-state index in [0.29, 0.717) is 28.3 Å². The van der Waals surface area contributed by atoms with Crippen LogP contribution in [-0.2, 0) is 0 Å². The van der Waals surface area contributed by atoms with Crippen LogP contribution < -0.4 is 15.8 Å². The van der Waals surface area contributed by atoms with Crippen LogP contribution in [0.3, 0.4) is 0 Å². The summed E-state index contributed by atoms with van der Waals surface area (Å²) in [6.07, 6.45) is 4.75. The van der Waals surface area contributed by atoms with Gasteiger partial charge in [0.05, 0.1) is 24.6 Å². The summed E-state index contributed by atoms with van der Waals surface area (Å²) in [7, 11) is 1.59. The molecule has 3 N–H and O–H groups in total. The first-order valence-corrected chi connectivity index (χ1v) is 9.41. The van der Waals surface area contributed by atoms with Crippen LogP contribution in [0.5, 0.6) is 5.75 Å². The molecule has 0 aliphatic heterocycles. The Bertz CT molecular complexity index is 1220. The van der Waals surface area contributed by atoms with Crippen LogP contribution in [0.4, 0.5) is 5.82 Å². The molecule has 2 heterocycles. The Kier molecular flexibility index (Phi) is 5.44. The summed E-state index contributed by atoms with van der Waals surface area (Å²) in [6.45, 7) is 0. The lowest BCUT2D eigenvalue weighted by molar-refractivity contribution is 0.0997.